The number of alkyl halides is 1. The predicted octanol–water partition coefficient (Wildman–Crippen LogP) is 4.61. The normalized spacial score (nSPS) is 23.2. The smallest absolute Gasteiger partial charge is 0.0732 e. The molecule has 72 valence electrons. The molecule has 0 amide bonds. The van der Waals surface area contributed by atoms with Gasteiger partial charge in [-0.25, -0.2) is 0 Å². The monoisotopic (exact) mass is 214 g/mol. The second kappa shape index (κ2) is 3.62. The Hall–Kier alpha value is -0.0100. The summed E-state index contributed by atoms with van der Waals surface area (Å²) < 4.78 is 0. The second-order valence-electron chi connectivity index (χ2n) is 4.24. The van der Waals surface area contributed by atoms with Gasteiger partial charge in [0, 0.05) is 4.88 Å². The van der Waals surface area contributed by atoms with Gasteiger partial charge >= 0.3 is 0 Å². The lowest BCUT2D eigenvalue weighted by Crippen LogP contribution is -2.16. The Morgan fingerprint density at radius 1 is 1.46 bits per heavy atom. The number of hydrogen-bond acceptors (Lipinski definition) is 1. The van der Waals surface area contributed by atoms with Crippen LogP contribution < -0.4 is 0 Å². The quantitative estimate of drug-likeness (QED) is 0.631. The van der Waals surface area contributed by atoms with Crippen molar-refractivity contribution in [3.63, 3.8) is 0 Å². The first-order valence-corrected chi connectivity index (χ1v) is 6.21. The Labute approximate surface area is 88.9 Å². The van der Waals surface area contributed by atoms with Crippen LogP contribution in [0.25, 0.3) is 0 Å². The third-order valence-electron chi connectivity index (χ3n) is 3.15. The van der Waals surface area contributed by atoms with Gasteiger partial charge in [0.15, 0.2) is 0 Å². The van der Waals surface area contributed by atoms with E-state index in [0.717, 1.165) is 0 Å². The molecule has 2 heteroatoms. The SMILES string of the molecule is CC1(C(Cl)c2cccs2)CCCC1. The predicted molar refractivity (Wildman–Crippen MR) is 59.5 cm³/mol. The van der Waals surface area contributed by atoms with Crippen LogP contribution in [0, 0.1) is 5.41 Å². The third-order valence-corrected chi connectivity index (χ3v) is 4.98. The van der Waals surface area contributed by atoms with Gasteiger partial charge in [0.2, 0.25) is 0 Å². The molecule has 0 bridgehead atoms. The summed E-state index contributed by atoms with van der Waals surface area (Å²) in [6.45, 7) is 2.33. The van der Waals surface area contributed by atoms with E-state index in [-0.39, 0.29) is 5.38 Å². The van der Waals surface area contributed by atoms with Gasteiger partial charge in [-0.3, -0.25) is 0 Å². The molecule has 0 N–H and O–H groups in total. The number of hydrogen-bond donors (Lipinski definition) is 0. The molecule has 1 aromatic rings. The summed E-state index contributed by atoms with van der Waals surface area (Å²) in [7, 11) is 0. The van der Waals surface area contributed by atoms with Gasteiger partial charge in [0.05, 0.1) is 5.38 Å². The van der Waals surface area contributed by atoms with Crippen LogP contribution in [0.5, 0.6) is 0 Å². The van der Waals surface area contributed by atoms with Crippen molar-refractivity contribution in [3.05, 3.63) is 22.4 Å². The molecule has 0 radical (unpaired) electrons. The standard InChI is InChI=1S/C11H15ClS/c1-11(6-2-3-7-11)10(12)9-5-4-8-13-9/h4-5,8,10H,2-3,6-7H2,1H3. The molecule has 0 aliphatic heterocycles. The largest absolute Gasteiger partial charge is 0.147 e. The van der Waals surface area contributed by atoms with Crippen molar-refractivity contribution in [3.8, 4) is 0 Å². The fraction of sp³-hybridized carbons (Fsp3) is 0.636. The summed E-state index contributed by atoms with van der Waals surface area (Å²) in [5, 5.41) is 2.35. The minimum absolute atomic E-state index is 0.231. The molecular weight excluding hydrogens is 200 g/mol. The maximum atomic E-state index is 6.51. The van der Waals surface area contributed by atoms with E-state index in [1.54, 1.807) is 11.3 Å². The minimum atomic E-state index is 0.231. The summed E-state index contributed by atoms with van der Waals surface area (Å²) in [4.78, 5) is 1.34. The Morgan fingerprint density at radius 2 is 2.15 bits per heavy atom. The van der Waals surface area contributed by atoms with Gasteiger partial charge in [0.25, 0.3) is 0 Å². The molecule has 1 aromatic heterocycles. The highest BCUT2D eigenvalue weighted by molar-refractivity contribution is 7.10. The van der Waals surface area contributed by atoms with Crippen molar-refractivity contribution in [2.75, 3.05) is 0 Å². The van der Waals surface area contributed by atoms with Crippen molar-refractivity contribution in [2.45, 2.75) is 38.0 Å². The van der Waals surface area contributed by atoms with Crippen LogP contribution in [0.15, 0.2) is 17.5 Å². The van der Waals surface area contributed by atoms with Gasteiger partial charge in [-0.15, -0.1) is 22.9 Å². The van der Waals surface area contributed by atoms with E-state index in [2.05, 4.69) is 24.4 Å². The van der Waals surface area contributed by atoms with E-state index in [1.807, 2.05) is 0 Å². The molecule has 1 unspecified atom stereocenters. The van der Waals surface area contributed by atoms with E-state index in [0.29, 0.717) is 5.41 Å². The molecule has 1 saturated carbocycles. The fourth-order valence-corrected chi connectivity index (χ4v) is 3.54. The molecule has 2 rings (SSSR count). The molecule has 1 fully saturated rings. The van der Waals surface area contributed by atoms with Crippen LogP contribution in [-0.4, -0.2) is 0 Å². The average molecular weight is 215 g/mol. The van der Waals surface area contributed by atoms with Crippen molar-refractivity contribution in [1.82, 2.24) is 0 Å². The lowest BCUT2D eigenvalue weighted by atomic mass is 9.84. The first-order chi connectivity index (χ1) is 6.22. The maximum Gasteiger partial charge on any atom is 0.0732 e. The number of thiophene rings is 1. The molecule has 13 heavy (non-hydrogen) atoms. The van der Waals surface area contributed by atoms with Gasteiger partial charge < -0.3 is 0 Å². The second-order valence-corrected chi connectivity index (χ2v) is 5.65. The summed E-state index contributed by atoms with van der Waals surface area (Å²) in [5.74, 6) is 0. The molecule has 1 aliphatic carbocycles. The Morgan fingerprint density at radius 3 is 2.69 bits per heavy atom. The van der Waals surface area contributed by atoms with Crippen molar-refractivity contribution < 1.29 is 0 Å². The number of halogens is 1. The molecule has 0 spiro atoms. The van der Waals surface area contributed by atoms with E-state index in [9.17, 15) is 0 Å². The van der Waals surface area contributed by atoms with Crippen molar-refractivity contribution in [2.24, 2.45) is 5.41 Å². The number of rotatable bonds is 2. The van der Waals surface area contributed by atoms with Crippen molar-refractivity contribution in [1.29, 1.82) is 0 Å². The Kier molecular flexibility index (Phi) is 2.66. The molecule has 1 aliphatic rings. The van der Waals surface area contributed by atoms with Gasteiger partial charge in [-0.1, -0.05) is 25.8 Å². The molecule has 1 atom stereocenters. The first kappa shape index (κ1) is 9.54. The highest BCUT2D eigenvalue weighted by Crippen LogP contribution is 2.51. The van der Waals surface area contributed by atoms with E-state index >= 15 is 0 Å². The zero-order valence-corrected chi connectivity index (χ0v) is 9.50. The topological polar surface area (TPSA) is 0 Å². The van der Waals surface area contributed by atoms with Crippen LogP contribution in [0.4, 0.5) is 0 Å². The van der Waals surface area contributed by atoms with Crippen LogP contribution in [0.2, 0.25) is 0 Å². The van der Waals surface area contributed by atoms with E-state index in [4.69, 9.17) is 11.6 Å². The van der Waals surface area contributed by atoms with Crippen molar-refractivity contribution >= 4 is 22.9 Å². The fourth-order valence-electron chi connectivity index (χ4n) is 2.22. The Bertz CT molecular complexity index is 260. The molecule has 0 nitrogen and oxygen atoms in total. The summed E-state index contributed by atoms with van der Waals surface area (Å²) in [5.41, 5.74) is 0.354. The average Bonchev–Trinajstić information content (AvgIpc) is 2.73. The minimum Gasteiger partial charge on any atom is -0.147 e. The zero-order chi connectivity index (χ0) is 9.31. The zero-order valence-electron chi connectivity index (χ0n) is 7.92. The van der Waals surface area contributed by atoms with E-state index < -0.39 is 0 Å². The van der Waals surface area contributed by atoms with Crippen LogP contribution in [0.1, 0.15) is 42.9 Å². The Balaban J connectivity index is 2.16. The lowest BCUT2D eigenvalue weighted by molar-refractivity contribution is 0.324. The summed E-state index contributed by atoms with van der Waals surface area (Å²) in [6, 6.07) is 4.25. The maximum absolute atomic E-state index is 6.51. The van der Waals surface area contributed by atoms with Crippen LogP contribution in [0.3, 0.4) is 0 Å². The van der Waals surface area contributed by atoms with Crippen LogP contribution in [-0.2, 0) is 0 Å². The highest BCUT2D eigenvalue weighted by atomic mass is 35.5. The summed E-state index contributed by atoms with van der Waals surface area (Å²) in [6.07, 6.45) is 5.29. The molecular formula is C11H15ClS. The molecule has 0 aromatic carbocycles. The van der Waals surface area contributed by atoms with Gasteiger partial charge in [-0.05, 0) is 29.7 Å². The lowest BCUT2D eigenvalue weighted by Gasteiger charge is -2.28. The molecule has 1 heterocycles. The first-order valence-electron chi connectivity index (χ1n) is 4.90. The molecule has 0 saturated heterocycles. The third kappa shape index (κ3) is 1.77. The van der Waals surface area contributed by atoms with Gasteiger partial charge in [-0.2, -0.15) is 0 Å². The highest BCUT2D eigenvalue weighted by Gasteiger charge is 2.37. The van der Waals surface area contributed by atoms with E-state index in [1.165, 1.54) is 30.6 Å². The van der Waals surface area contributed by atoms with Gasteiger partial charge in [0.1, 0.15) is 0 Å². The van der Waals surface area contributed by atoms with Crippen LogP contribution >= 0.6 is 22.9 Å². The summed E-state index contributed by atoms with van der Waals surface area (Å²) >= 11 is 8.29.